The molecular formula is C45H36N6O2Pd2. The molecule has 0 saturated carbocycles. The van der Waals surface area contributed by atoms with Crippen LogP contribution in [-0.4, -0.2) is 29.5 Å². The van der Waals surface area contributed by atoms with E-state index in [0.717, 1.165) is 68.3 Å². The predicted molar refractivity (Wildman–Crippen MR) is 206 cm³/mol. The minimum absolute atomic E-state index is 0. The minimum Gasteiger partial charge on any atom is -0.503 e. The third kappa shape index (κ3) is 8.75. The van der Waals surface area contributed by atoms with Gasteiger partial charge in [0, 0.05) is 35.4 Å². The van der Waals surface area contributed by atoms with E-state index in [-0.39, 0.29) is 40.8 Å². The Balaban J connectivity index is 0.00000257. The Morgan fingerprint density at radius 3 is 1.44 bits per heavy atom. The van der Waals surface area contributed by atoms with E-state index in [1.807, 2.05) is 77.4 Å². The number of ether oxygens (including phenoxy) is 2. The Labute approximate surface area is 348 Å². The average molecular weight is 906 g/mol. The second-order valence-corrected chi connectivity index (χ2v) is 13.7. The second-order valence-electron chi connectivity index (χ2n) is 13.7. The monoisotopic (exact) mass is 904 g/mol. The van der Waals surface area contributed by atoms with Gasteiger partial charge in [0.2, 0.25) is 5.95 Å². The molecule has 4 aromatic carbocycles. The molecule has 8 nitrogen and oxygen atoms in total. The molecule has 55 heavy (non-hydrogen) atoms. The molecule has 0 atom stereocenters. The van der Waals surface area contributed by atoms with Gasteiger partial charge in [0.25, 0.3) is 0 Å². The van der Waals surface area contributed by atoms with Gasteiger partial charge in [-0.1, -0.05) is 75.1 Å². The van der Waals surface area contributed by atoms with Gasteiger partial charge in [-0.2, -0.15) is 21.9 Å². The van der Waals surface area contributed by atoms with E-state index < -0.39 is 0 Å². The molecule has 0 aliphatic rings. The van der Waals surface area contributed by atoms with Crippen molar-refractivity contribution in [3.8, 4) is 51.5 Å². The average Bonchev–Trinajstić information content (AvgIpc) is 3.50. The van der Waals surface area contributed by atoms with Gasteiger partial charge < -0.3 is 24.0 Å². The molecule has 8 aromatic rings. The maximum atomic E-state index is 6.55. The molecule has 0 unspecified atom stereocenters. The smallest absolute Gasteiger partial charge is 0.503 e. The molecule has 0 radical (unpaired) electrons. The normalized spacial score (nSPS) is 11.1. The summed E-state index contributed by atoms with van der Waals surface area (Å²) in [4.78, 5) is 22.3. The van der Waals surface area contributed by atoms with Crippen molar-refractivity contribution < 1.29 is 50.3 Å². The Bertz CT molecular complexity index is 2370. The van der Waals surface area contributed by atoms with Crippen LogP contribution in [0.1, 0.15) is 38.8 Å². The fraction of sp³-hybridized carbons (Fsp3) is 0.178. The standard InChI is InChI=1S/C45H36N6O2.2Pd/c1-29(2)19-33-23-37(52-35-13-9-11-31(21-35)39-15-5-7-17-47-39)25-41-43(33)44-34(20-30(3)4)24-38(26-42(44)51(41)45-49-27-46-28-50-45)53-36-14-10-12-32(22-36)40-16-6-8-18-48-40;;/h5-18,23-24,27-30H,19-20H2,1-4H3;;/q-4;2*+2. The van der Waals surface area contributed by atoms with Crippen LogP contribution in [0.25, 0.3) is 50.3 Å². The number of pyridine rings is 2. The minimum atomic E-state index is 0. The topological polar surface area (TPSA) is 87.8 Å². The van der Waals surface area contributed by atoms with E-state index in [4.69, 9.17) is 9.47 Å². The second kappa shape index (κ2) is 17.6. The quantitative estimate of drug-likeness (QED) is 0.0944. The van der Waals surface area contributed by atoms with Crippen molar-refractivity contribution in [2.75, 3.05) is 0 Å². The molecule has 8 rings (SSSR count). The van der Waals surface area contributed by atoms with E-state index in [0.29, 0.717) is 40.8 Å². The Morgan fingerprint density at radius 1 is 0.545 bits per heavy atom. The van der Waals surface area contributed by atoms with E-state index in [1.165, 1.54) is 12.7 Å². The van der Waals surface area contributed by atoms with Crippen molar-refractivity contribution >= 4 is 21.8 Å². The zero-order valence-corrected chi connectivity index (χ0v) is 33.7. The summed E-state index contributed by atoms with van der Waals surface area (Å²) >= 11 is 0. The van der Waals surface area contributed by atoms with Crippen LogP contribution in [0.15, 0.2) is 110 Å². The van der Waals surface area contributed by atoms with Crippen molar-refractivity contribution in [3.05, 3.63) is 145 Å². The number of hydrogen-bond acceptors (Lipinski definition) is 7. The van der Waals surface area contributed by atoms with Crippen molar-refractivity contribution in [2.45, 2.75) is 40.5 Å². The summed E-state index contributed by atoms with van der Waals surface area (Å²) in [6, 6.07) is 41.5. The number of hydrogen-bond donors (Lipinski definition) is 0. The molecule has 0 bridgehead atoms. The molecule has 278 valence electrons. The van der Waals surface area contributed by atoms with Crippen LogP contribution in [-0.2, 0) is 53.7 Å². The molecular weight excluding hydrogens is 869 g/mol. The van der Waals surface area contributed by atoms with Crippen molar-refractivity contribution in [2.24, 2.45) is 11.8 Å². The maximum Gasteiger partial charge on any atom is 2.00 e. The number of nitrogens with zero attached hydrogens (tertiary/aromatic N) is 6. The van der Waals surface area contributed by atoms with Gasteiger partial charge in [0.05, 0.1) is 0 Å². The van der Waals surface area contributed by atoms with Gasteiger partial charge in [-0.15, -0.1) is 71.8 Å². The van der Waals surface area contributed by atoms with Gasteiger partial charge >= 0.3 is 40.8 Å². The summed E-state index contributed by atoms with van der Waals surface area (Å²) in [5, 5.41) is 2.13. The van der Waals surface area contributed by atoms with Crippen molar-refractivity contribution in [1.82, 2.24) is 29.5 Å². The van der Waals surface area contributed by atoms with Gasteiger partial charge in [-0.25, -0.2) is 15.0 Å². The molecule has 0 amide bonds. The molecule has 10 heteroatoms. The van der Waals surface area contributed by atoms with Crippen molar-refractivity contribution in [3.63, 3.8) is 0 Å². The van der Waals surface area contributed by atoms with Gasteiger partial charge in [-0.3, -0.25) is 0 Å². The summed E-state index contributed by atoms with van der Waals surface area (Å²) < 4.78 is 15.1. The van der Waals surface area contributed by atoms with E-state index in [9.17, 15) is 0 Å². The summed E-state index contributed by atoms with van der Waals surface area (Å²) in [5.41, 5.74) is 7.14. The van der Waals surface area contributed by atoms with E-state index >= 15 is 0 Å². The van der Waals surface area contributed by atoms with Gasteiger partial charge in [0.15, 0.2) is 0 Å². The van der Waals surface area contributed by atoms with Gasteiger partial charge in [0.1, 0.15) is 12.7 Å². The van der Waals surface area contributed by atoms with E-state index in [1.54, 1.807) is 12.4 Å². The fourth-order valence-electron chi connectivity index (χ4n) is 6.66. The molecule has 4 aromatic heterocycles. The summed E-state index contributed by atoms with van der Waals surface area (Å²) in [7, 11) is 0. The van der Waals surface area contributed by atoms with Crippen LogP contribution in [0, 0.1) is 36.1 Å². The van der Waals surface area contributed by atoms with Crippen LogP contribution >= 0.6 is 0 Å². The Hall–Kier alpha value is -5.09. The van der Waals surface area contributed by atoms with Crippen LogP contribution in [0.3, 0.4) is 0 Å². The summed E-state index contributed by atoms with van der Waals surface area (Å²) in [6.45, 7) is 8.89. The van der Waals surface area contributed by atoms with Crippen LogP contribution in [0.2, 0.25) is 0 Å². The number of benzene rings is 4. The van der Waals surface area contributed by atoms with Crippen LogP contribution in [0.5, 0.6) is 23.0 Å². The molecule has 0 spiro atoms. The van der Waals surface area contributed by atoms with Crippen molar-refractivity contribution in [1.29, 1.82) is 0 Å². The number of aromatic nitrogens is 6. The van der Waals surface area contributed by atoms with Crippen LogP contribution in [0.4, 0.5) is 0 Å². The number of rotatable bonds is 11. The zero-order valence-electron chi connectivity index (χ0n) is 30.6. The zero-order chi connectivity index (χ0) is 36.3. The largest absolute Gasteiger partial charge is 2.00 e. The maximum absolute atomic E-state index is 6.55. The van der Waals surface area contributed by atoms with E-state index in [2.05, 4.69) is 89.0 Å². The van der Waals surface area contributed by atoms with Crippen LogP contribution < -0.4 is 9.47 Å². The Kier molecular flexibility index (Phi) is 12.7. The SMILES string of the molecule is CC(C)Cc1cc(Oc2[c-]c(-c3ccccn3)ccc2)[c-]c2c1c1c(CC(C)C)cc(Oc3[c-]c(-c4ccccn4)ccc3)[c-]c1n2-c1ncncn1.[Pd+2].[Pd+2]. The molecule has 0 saturated heterocycles. The molecule has 0 N–H and O–H groups in total. The molecule has 0 fully saturated rings. The number of fused-ring (bicyclic) bond motifs is 3. The molecule has 0 aliphatic heterocycles. The summed E-state index contributed by atoms with van der Waals surface area (Å²) in [5.74, 6) is 3.42. The first-order valence-electron chi connectivity index (χ1n) is 17.7. The third-order valence-electron chi connectivity index (χ3n) is 8.70. The molecule has 0 aliphatic carbocycles. The van der Waals surface area contributed by atoms with Gasteiger partial charge in [-0.05, 0) is 48.2 Å². The Morgan fingerprint density at radius 2 is 1.02 bits per heavy atom. The fourth-order valence-corrected chi connectivity index (χ4v) is 6.66. The third-order valence-corrected chi connectivity index (χ3v) is 8.70. The first kappa shape index (κ1) is 39.6. The first-order chi connectivity index (χ1) is 25.9. The molecule has 4 heterocycles. The predicted octanol–water partition coefficient (Wildman–Crippen LogP) is 10.3. The summed E-state index contributed by atoms with van der Waals surface area (Å²) in [6.07, 6.45) is 8.17. The first-order valence-corrected chi connectivity index (χ1v) is 17.7.